The Bertz CT molecular complexity index is 509. The monoisotopic (exact) mass is 374 g/mol. The third kappa shape index (κ3) is 2.72. The number of hydrogen-bond acceptors (Lipinski definition) is 2. The second kappa shape index (κ2) is 5.73. The Labute approximate surface area is 141 Å². The summed E-state index contributed by atoms with van der Waals surface area (Å²) in [6.45, 7) is 12.4. The third-order valence-corrected chi connectivity index (χ3v) is 7.73. The van der Waals surface area contributed by atoms with E-state index in [1.165, 1.54) is 18.1 Å². The quantitative estimate of drug-likeness (QED) is 0.351. The summed E-state index contributed by atoms with van der Waals surface area (Å²) in [7, 11) is 0. The molecular weight excluding hydrogens is 352 g/mol. The molecule has 0 aromatic heterocycles. The molecule has 0 N–H and O–H groups in total. The lowest BCUT2D eigenvalue weighted by Gasteiger charge is -2.57. The third-order valence-electron chi connectivity index (χ3n) is 5.54. The van der Waals surface area contributed by atoms with Gasteiger partial charge in [-0.05, 0) is 31.6 Å². The van der Waals surface area contributed by atoms with Crippen LogP contribution < -0.4 is 0 Å². The van der Waals surface area contributed by atoms with Crippen molar-refractivity contribution in [2.45, 2.75) is 64.3 Å². The topological polar surface area (TPSA) is 26.3 Å². The second-order valence-corrected chi connectivity index (χ2v) is 8.47. The molecule has 0 aliphatic heterocycles. The van der Waals surface area contributed by atoms with Gasteiger partial charge in [0.05, 0.1) is 4.83 Å². The van der Waals surface area contributed by atoms with Gasteiger partial charge in [0.2, 0.25) is 0 Å². The van der Waals surface area contributed by atoms with Gasteiger partial charge in [0.25, 0.3) is 0 Å². The molecule has 0 amide bonds. The fourth-order valence-electron chi connectivity index (χ4n) is 3.93. The Morgan fingerprint density at radius 2 is 2.10 bits per heavy atom. The smallest absolute Gasteiger partial charge is 0.302 e. The van der Waals surface area contributed by atoms with E-state index in [9.17, 15) is 4.79 Å². The second-order valence-electron chi connectivity index (χ2n) is 7.02. The minimum atomic E-state index is -0.235. The lowest BCUT2D eigenvalue weighted by molar-refractivity contribution is -0.150. The summed E-state index contributed by atoms with van der Waals surface area (Å²) in [4.78, 5) is 11.4. The highest BCUT2D eigenvalue weighted by atomic mass is 79.9. The number of carbonyl (C=O) groups is 1. The average molecular weight is 376 g/mol. The van der Waals surface area contributed by atoms with Crippen molar-refractivity contribution in [2.24, 2.45) is 10.8 Å². The first-order valence-corrected chi connectivity index (χ1v) is 8.75. The largest absolute Gasteiger partial charge is 0.461 e. The van der Waals surface area contributed by atoms with E-state index in [-0.39, 0.29) is 27.7 Å². The van der Waals surface area contributed by atoms with Gasteiger partial charge in [0.15, 0.2) is 0 Å². The van der Waals surface area contributed by atoms with Crippen molar-refractivity contribution in [1.82, 2.24) is 0 Å². The molecule has 3 atom stereocenters. The van der Waals surface area contributed by atoms with E-state index in [1.54, 1.807) is 0 Å². The summed E-state index contributed by atoms with van der Waals surface area (Å²) in [6, 6.07) is 0. The Morgan fingerprint density at radius 1 is 1.48 bits per heavy atom. The highest BCUT2D eigenvalue weighted by molar-refractivity contribution is 9.09. The highest BCUT2D eigenvalue weighted by Gasteiger charge is 2.57. The summed E-state index contributed by atoms with van der Waals surface area (Å²) in [5.41, 5.74) is 2.36. The van der Waals surface area contributed by atoms with E-state index in [4.69, 9.17) is 16.3 Å². The van der Waals surface area contributed by atoms with Crippen LogP contribution in [0.25, 0.3) is 0 Å². The normalized spacial score (nSPS) is 36.0. The predicted octanol–water partition coefficient (Wildman–Crippen LogP) is 5.35. The number of ether oxygens (including phenoxy) is 1. The van der Waals surface area contributed by atoms with Gasteiger partial charge >= 0.3 is 5.97 Å². The zero-order chi connectivity index (χ0) is 16.0. The molecule has 0 aromatic carbocycles. The predicted molar refractivity (Wildman–Crippen MR) is 90.6 cm³/mol. The van der Waals surface area contributed by atoms with Gasteiger partial charge < -0.3 is 4.74 Å². The number of halogens is 2. The number of carbonyl (C=O) groups excluding carboxylic acids is 1. The molecule has 1 fully saturated rings. The lowest BCUT2D eigenvalue weighted by atomic mass is 9.50. The van der Waals surface area contributed by atoms with Crippen molar-refractivity contribution in [3.05, 3.63) is 22.8 Å². The van der Waals surface area contributed by atoms with Crippen LogP contribution in [0.15, 0.2) is 22.8 Å². The SMILES string of the molecule is C=C1C[C@H](OC(C)=O)[C@H](Br)C(C)(C)[C@]12CCC(C)=C(Cl)C2. The molecule has 2 nitrogen and oxygen atoms in total. The minimum absolute atomic E-state index is 0.0194. The maximum atomic E-state index is 11.3. The van der Waals surface area contributed by atoms with Crippen LogP contribution >= 0.6 is 27.5 Å². The Hall–Kier alpha value is -0.280. The molecular formula is C17H24BrClO2. The molecule has 2 aliphatic carbocycles. The van der Waals surface area contributed by atoms with Crippen molar-refractivity contribution in [3.63, 3.8) is 0 Å². The maximum absolute atomic E-state index is 11.3. The van der Waals surface area contributed by atoms with Crippen molar-refractivity contribution in [2.75, 3.05) is 0 Å². The molecule has 0 radical (unpaired) electrons. The van der Waals surface area contributed by atoms with Crippen LogP contribution in [0.5, 0.6) is 0 Å². The molecule has 4 heteroatoms. The van der Waals surface area contributed by atoms with E-state index in [0.717, 1.165) is 24.3 Å². The molecule has 0 saturated heterocycles. The molecule has 1 saturated carbocycles. The zero-order valence-electron chi connectivity index (χ0n) is 13.3. The molecule has 2 rings (SSSR count). The lowest BCUT2D eigenvalue weighted by Crippen LogP contribution is -2.55. The molecule has 0 unspecified atom stereocenters. The van der Waals surface area contributed by atoms with E-state index >= 15 is 0 Å². The van der Waals surface area contributed by atoms with Crippen LogP contribution in [0.2, 0.25) is 0 Å². The number of alkyl halides is 1. The molecule has 0 heterocycles. The Balaban J connectivity index is 2.37. The molecule has 2 aliphatic rings. The number of hydrogen-bond donors (Lipinski definition) is 0. The first kappa shape index (κ1) is 17.1. The summed E-state index contributed by atoms with van der Waals surface area (Å²) in [6.07, 6.45) is 3.49. The molecule has 0 aromatic rings. The highest BCUT2D eigenvalue weighted by Crippen LogP contribution is 2.63. The summed E-state index contributed by atoms with van der Waals surface area (Å²) in [5.74, 6) is -0.235. The molecule has 1 spiro atoms. The average Bonchev–Trinajstić information content (AvgIpc) is 2.38. The fraction of sp³-hybridized carbons (Fsp3) is 0.706. The van der Waals surface area contributed by atoms with Crippen LogP contribution in [0.3, 0.4) is 0 Å². The van der Waals surface area contributed by atoms with Crippen molar-refractivity contribution in [3.8, 4) is 0 Å². The van der Waals surface area contributed by atoms with Crippen molar-refractivity contribution in [1.29, 1.82) is 0 Å². The first-order chi connectivity index (χ1) is 9.61. The van der Waals surface area contributed by atoms with Crippen molar-refractivity contribution >= 4 is 33.5 Å². The molecule has 0 bridgehead atoms. The standard InChI is InChI=1S/C17H24BrClO2/c1-10-6-7-17(9-13(10)19)11(2)8-14(21-12(3)20)15(18)16(17,4)5/h14-15H,2,6-9H2,1,3-5H3/t14-,15-,17-/m0/s1. The van der Waals surface area contributed by atoms with Gasteiger partial charge in [0, 0.05) is 23.8 Å². The molecule has 118 valence electrons. The van der Waals surface area contributed by atoms with E-state index in [0.29, 0.717) is 6.42 Å². The van der Waals surface area contributed by atoms with E-state index < -0.39 is 0 Å². The van der Waals surface area contributed by atoms with Crippen LogP contribution in [-0.2, 0) is 9.53 Å². The van der Waals surface area contributed by atoms with E-state index in [2.05, 4.69) is 43.3 Å². The van der Waals surface area contributed by atoms with Gasteiger partial charge in [-0.15, -0.1) is 0 Å². The first-order valence-electron chi connectivity index (χ1n) is 7.45. The van der Waals surface area contributed by atoms with Gasteiger partial charge in [0.1, 0.15) is 6.10 Å². The molecule has 21 heavy (non-hydrogen) atoms. The van der Waals surface area contributed by atoms with Crippen LogP contribution in [-0.4, -0.2) is 16.9 Å². The minimum Gasteiger partial charge on any atom is -0.461 e. The van der Waals surface area contributed by atoms with Crippen LogP contribution in [0.1, 0.15) is 53.4 Å². The van der Waals surface area contributed by atoms with Gasteiger partial charge in [-0.2, -0.15) is 0 Å². The summed E-state index contributed by atoms with van der Waals surface area (Å²) >= 11 is 10.3. The van der Waals surface area contributed by atoms with E-state index in [1.807, 2.05) is 0 Å². The maximum Gasteiger partial charge on any atom is 0.302 e. The van der Waals surface area contributed by atoms with Crippen LogP contribution in [0, 0.1) is 10.8 Å². The summed E-state index contributed by atoms with van der Waals surface area (Å²) in [5, 5.41) is 0.973. The van der Waals surface area contributed by atoms with Gasteiger partial charge in [-0.25, -0.2) is 0 Å². The van der Waals surface area contributed by atoms with Gasteiger partial charge in [-0.3, -0.25) is 4.79 Å². The number of rotatable bonds is 1. The number of allylic oxidation sites excluding steroid dienone is 2. The fourth-order valence-corrected chi connectivity index (χ4v) is 4.99. The number of esters is 1. The van der Waals surface area contributed by atoms with Crippen molar-refractivity contribution < 1.29 is 9.53 Å². The van der Waals surface area contributed by atoms with Crippen LogP contribution in [0.4, 0.5) is 0 Å². The van der Waals surface area contributed by atoms with Gasteiger partial charge in [-0.1, -0.05) is 59.1 Å². The zero-order valence-corrected chi connectivity index (χ0v) is 15.6. The Morgan fingerprint density at radius 3 is 2.62 bits per heavy atom. The summed E-state index contributed by atoms with van der Waals surface area (Å²) < 4.78 is 5.50. The Kier molecular flexibility index (Phi) is 4.66.